The van der Waals surface area contributed by atoms with Crippen molar-refractivity contribution in [2.45, 2.75) is 26.3 Å². The fourth-order valence-corrected chi connectivity index (χ4v) is 3.40. The first-order valence-corrected chi connectivity index (χ1v) is 11.2. The fraction of sp³-hybridized carbons (Fsp3) is 0.292. The molecule has 0 saturated heterocycles. The summed E-state index contributed by atoms with van der Waals surface area (Å²) in [6, 6.07) is 12.3. The van der Waals surface area contributed by atoms with Crippen molar-refractivity contribution >= 4 is 5.91 Å². The van der Waals surface area contributed by atoms with Gasteiger partial charge in [0.15, 0.2) is 0 Å². The van der Waals surface area contributed by atoms with Gasteiger partial charge in [0.25, 0.3) is 11.8 Å². The topological polar surface area (TPSA) is 117 Å². The predicted octanol–water partition coefficient (Wildman–Crippen LogP) is 4.02. The van der Waals surface area contributed by atoms with Crippen molar-refractivity contribution in [2.75, 3.05) is 20.3 Å². The van der Waals surface area contributed by atoms with Gasteiger partial charge in [0.1, 0.15) is 11.6 Å². The van der Waals surface area contributed by atoms with Crippen molar-refractivity contribution in [3.05, 3.63) is 65.5 Å². The van der Waals surface area contributed by atoms with Crippen molar-refractivity contribution in [3.8, 4) is 28.9 Å². The Morgan fingerprint density at radius 3 is 2.62 bits per heavy atom. The van der Waals surface area contributed by atoms with Crippen LogP contribution in [0.1, 0.15) is 28.2 Å². The number of ether oxygens (including phenoxy) is 2. The smallest absolute Gasteiger partial charge is 0.406 e. The van der Waals surface area contributed by atoms with E-state index in [0.29, 0.717) is 36.6 Å². The maximum atomic E-state index is 12.4. The summed E-state index contributed by atoms with van der Waals surface area (Å²) >= 11 is 0. The van der Waals surface area contributed by atoms with Crippen LogP contribution in [0.3, 0.4) is 0 Å². The second-order valence-electron chi connectivity index (χ2n) is 7.94. The molecule has 0 radical (unpaired) electrons. The Labute approximate surface area is 209 Å². The van der Waals surface area contributed by atoms with Crippen molar-refractivity contribution in [1.29, 1.82) is 0 Å². The Morgan fingerprint density at radius 2 is 1.89 bits per heavy atom. The number of hydrogen-bond acceptors (Lipinski definition) is 8. The normalized spacial score (nSPS) is 11.5. The van der Waals surface area contributed by atoms with E-state index in [9.17, 15) is 18.0 Å². The van der Waals surface area contributed by atoms with Crippen LogP contribution in [0.2, 0.25) is 0 Å². The summed E-state index contributed by atoms with van der Waals surface area (Å²) in [5, 5.41) is 11.1. The van der Waals surface area contributed by atoms with Crippen LogP contribution in [0.4, 0.5) is 13.2 Å². The Hall–Kier alpha value is -4.26. The van der Waals surface area contributed by atoms with Crippen molar-refractivity contribution in [2.24, 2.45) is 0 Å². The molecule has 0 unspecified atom stereocenters. The highest BCUT2D eigenvalue weighted by atomic mass is 19.4. The molecule has 194 valence electrons. The van der Waals surface area contributed by atoms with Gasteiger partial charge < -0.3 is 19.3 Å². The summed E-state index contributed by atoms with van der Waals surface area (Å²) in [5.74, 6) is 0.454. The molecule has 0 aliphatic rings. The van der Waals surface area contributed by atoms with Gasteiger partial charge in [0.05, 0.1) is 6.54 Å². The summed E-state index contributed by atoms with van der Waals surface area (Å²) in [5.41, 5.74) is 1.80. The maximum absolute atomic E-state index is 12.4. The van der Waals surface area contributed by atoms with E-state index < -0.39 is 6.36 Å². The molecule has 4 aromatic rings. The lowest BCUT2D eigenvalue weighted by Crippen LogP contribution is -2.25. The summed E-state index contributed by atoms with van der Waals surface area (Å²) < 4.78 is 52.8. The average Bonchev–Trinajstić information content (AvgIpc) is 3.49. The van der Waals surface area contributed by atoms with Crippen LogP contribution < -0.4 is 10.1 Å². The van der Waals surface area contributed by atoms with E-state index >= 15 is 0 Å². The molecule has 4 rings (SSSR count). The number of benzene rings is 2. The number of carbonyl (C=O) groups excluding carboxylic acids is 1. The van der Waals surface area contributed by atoms with Gasteiger partial charge in [-0.1, -0.05) is 17.3 Å². The van der Waals surface area contributed by atoms with Crippen LogP contribution in [0, 0.1) is 6.92 Å². The van der Waals surface area contributed by atoms with Gasteiger partial charge in [-0.3, -0.25) is 4.79 Å². The molecule has 2 aromatic heterocycles. The Bertz CT molecular complexity index is 1350. The van der Waals surface area contributed by atoms with Gasteiger partial charge in [-0.05, 0) is 55.3 Å². The number of nitrogens with zero attached hydrogens (tertiary/aromatic N) is 5. The first-order chi connectivity index (χ1) is 17.7. The standard InChI is InChI=1S/C24H23F3N6O4/c1-15-29-21(23-30-20(32-37-23)17-7-9-19(10-8-17)36-24(25,26)27)31-33(15)14-16-5-3-6-18(13-16)22(34)28-11-4-12-35-2/h3,5-10,13H,4,11-12,14H2,1-2H3,(H,28,34). The highest BCUT2D eigenvalue weighted by Gasteiger charge is 2.31. The highest BCUT2D eigenvalue weighted by molar-refractivity contribution is 5.94. The molecule has 37 heavy (non-hydrogen) atoms. The van der Waals surface area contributed by atoms with Gasteiger partial charge in [-0.15, -0.1) is 18.3 Å². The quantitative estimate of drug-likeness (QED) is 0.314. The molecule has 2 heterocycles. The third kappa shape index (κ3) is 6.91. The first kappa shape index (κ1) is 25.8. The van der Waals surface area contributed by atoms with Gasteiger partial charge in [-0.25, -0.2) is 9.67 Å². The zero-order valence-corrected chi connectivity index (χ0v) is 20.0. The van der Waals surface area contributed by atoms with Crippen LogP contribution in [-0.4, -0.2) is 57.4 Å². The number of halogens is 3. The van der Waals surface area contributed by atoms with E-state index in [2.05, 4.69) is 30.3 Å². The summed E-state index contributed by atoms with van der Waals surface area (Å²) in [7, 11) is 1.61. The lowest BCUT2D eigenvalue weighted by atomic mass is 10.1. The second kappa shape index (κ2) is 11.2. The van der Waals surface area contributed by atoms with Gasteiger partial charge in [-0.2, -0.15) is 4.98 Å². The monoisotopic (exact) mass is 516 g/mol. The lowest BCUT2D eigenvalue weighted by molar-refractivity contribution is -0.274. The van der Waals surface area contributed by atoms with Gasteiger partial charge >= 0.3 is 6.36 Å². The van der Waals surface area contributed by atoms with Crippen LogP contribution in [0.5, 0.6) is 5.75 Å². The van der Waals surface area contributed by atoms with Crippen LogP contribution in [0.25, 0.3) is 23.1 Å². The fourth-order valence-electron chi connectivity index (χ4n) is 3.40. The van der Waals surface area contributed by atoms with Gasteiger partial charge in [0, 0.05) is 31.4 Å². The molecule has 2 aromatic carbocycles. The van der Waals surface area contributed by atoms with E-state index in [-0.39, 0.29) is 29.2 Å². The van der Waals surface area contributed by atoms with E-state index in [1.807, 2.05) is 6.07 Å². The number of aromatic nitrogens is 5. The number of nitrogens with one attached hydrogen (secondary N) is 1. The number of hydrogen-bond donors (Lipinski definition) is 1. The molecule has 0 bridgehead atoms. The van der Waals surface area contributed by atoms with Crippen molar-refractivity contribution in [1.82, 2.24) is 30.2 Å². The van der Waals surface area contributed by atoms with E-state index in [1.54, 1.807) is 36.9 Å². The number of amides is 1. The second-order valence-corrected chi connectivity index (χ2v) is 7.94. The number of alkyl halides is 3. The molecular weight excluding hydrogens is 493 g/mol. The first-order valence-electron chi connectivity index (χ1n) is 11.2. The van der Waals surface area contributed by atoms with Crippen molar-refractivity contribution < 1.29 is 32.0 Å². The highest BCUT2D eigenvalue weighted by Crippen LogP contribution is 2.26. The van der Waals surface area contributed by atoms with Crippen molar-refractivity contribution in [3.63, 3.8) is 0 Å². The third-order valence-corrected chi connectivity index (χ3v) is 5.15. The molecule has 0 aliphatic carbocycles. The average molecular weight is 516 g/mol. The molecular formula is C24H23F3N6O4. The van der Waals surface area contributed by atoms with Crippen LogP contribution >= 0.6 is 0 Å². The van der Waals surface area contributed by atoms with E-state index in [4.69, 9.17) is 9.26 Å². The largest absolute Gasteiger partial charge is 0.573 e. The molecule has 13 heteroatoms. The van der Waals surface area contributed by atoms with E-state index in [0.717, 1.165) is 24.1 Å². The number of carbonyl (C=O) groups is 1. The molecule has 1 N–H and O–H groups in total. The minimum atomic E-state index is -4.78. The zero-order valence-electron chi connectivity index (χ0n) is 20.0. The maximum Gasteiger partial charge on any atom is 0.573 e. The number of rotatable bonds is 10. The zero-order chi connectivity index (χ0) is 26.4. The molecule has 0 atom stereocenters. The molecule has 0 spiro atoms. The molecule has 0 fully saturated rings. The lowest BCUT2D eigenvalue weighted by Gasteiger charge is -2.08. The SMILES string of the molecule is COCCCNC(=O)c1cccc(Cn2nc(-c3nc(-c4ccc(OC(F)(F)F)cc4)no3)nc2C)c1. The number of methoxy groups -OCH3 is 1. The number of aryl methyl sites for hydroxylation is 1. The van der Waals surface area contributed by atoms with Crippen LogP contribution in [0.15, 0.2) is 53.1 Å². The van der Waals surface area contributed by atoms with Crippen LogP contribution in [-0.2, 0) is 11.3 Å². The molecule has 0 aliphatic heterocycles. The minimum absolute atomic E-state index is 0.0525. The minimum Gasteiger partial charge on any atom is -0.406 e. The predicted molar refractivity (Wildman–Crippen MR) is 125 cm³/mol. The van der Waals surface area contributed by atoms with E-state index in [1.165, 1.54) is 12.1 Å². The molecule has 10 nitrogen and oxygen atoms in total. The Balaban J connectivity index is 1.44. The summed E-state index contributed by atoms with van der Waals surface area (Å²) in [6.07, 6.45) is -4.06. The van der Waals surface area contributed by atoms with Gasteiger partial charge in [0.2, 0.25) is 11.6 Å². The Kier molecular flexibility index (Phi) is 7.82. The summed E-state index contributed by atoms with van der Waals surface area (Å²) in [6.45, 7) is 3.20. The summed E-state index contributed by atoms with van der Waals surface area (Å²) in [4.78, 5) is 21.0. The molecule has 0 saturated carbocycles. The Morgan fingerprint density at radius 1 is 1.11 bits per heavy atom. The molecule has 1 amide bonds. The third-order valence-electron chi connectivity index (χ3n) is 5.15.